The highest BCUT2D eigenvalue weighted by Crippen LogP contribution is 2.32. The van der Waals surface area contributed by atoms with Crippen LogP contribution in [0.2, 0.25) is 0 Å². The molecular formula is C13H11N5O2. The summed E-state index contributed by atoms with van der Waals surface area (Å²) < 4.78 is 1.66. The number of rotatable bonds is 2. The van der Waals surface area contributed by atoms with Gasteiger partial charge in [-0.25, -0.2) is 9.50 Å². The molecule has 7 heteroatoms. The van der Waals surface area contributed by atoms with Gasteiger partial charge in [-0.15, -0.1) is 0 Å². The van der Waals surface area contributed by atoms with Gasteiger partial charge in [-0.2, -0.15) is 5.10 Å². The number of nitro benzene ring substituents is 1. The molecule has 0 fully saturated rings. The fourth-order valence-corrected chi connectivity index (χ4v) is 2.27. The van der Waals surface area contributed by atoms with Crippen molar-refractivity contribution in [2.45, 2.75) is 6.92 Å². The van der Waals surface area contributed by atoms with E-state index in [2.05, 4.69) is 10.1 Å². The molecule has 2 aromatic heterocycles. The number of aryl methyl sites for hydroxylation is 1. The lowest BCUT2D eigenvalue weighted by molar-refractivity contribution is -0.384. The molecule has 1 aromatic carbocycles. The minimum atomic E-state index is -0.425. The van der Waals surface area contributed by atoms with Crippen molar-refractivity contribution >= 4 is 17.0 Å². The van der Waals surface area contributed by atoms with Crippen LogP contribution in [-0.2, 0) is 0 Å². The van der Waals surface area contributed by atoms with Gasteiger partial charge in [0, 0.05) is 23.9 Å². The van der Waals surface area contributed by atoms with Crippen LogP contribution < -0.4 is 5.73 Å². The SMILES string of the molecule is Cc1cn2ncnc(N)c2c1-c1ccc([N+](=O)[O-])cc1. The van der Waals surface area contributed by atoms with Gasteiger partial charge in [0.15, 0.2) is 5.82 Å². The molecule has 0 unspecified atom stereocenters. The summed E-state index contributed by atoms with van der Waals surface area (Å²) in [5.74, 6) is 0.376. The molecule has 2 N–H and O–H groups in total. The highest BCUT2D eigenvalue weighted by atomic mass is 16.6. The number of nitrogens with two attached hydrogens (primary N) is 1. The quantitative estimate of drug-likeness (QED) is 0.567. The summed E-state index contributed by atoms with van der Waals surface area (Å²) in [7, 11) is 0. The van der Waals surface area contributed by atoms with Gasteiger partial charge in [-0.05, 0) is 30.2 Å². The molecule has 100 valence electrons. The van der Waals surface area contributed by atoms with E-state index in [1.54, 1.807) is 16.6 Å². The average molecular weight is 269 g/mol. The molecule has 0 bridgehead atoms. The topological polar surface area (TPSA) is 99.3 Å². The Kier molecular flexibility index (Phi) is 2.60. The molecule has 0 aliphatic rings. The molecule has 7 nitrogen and oxygen atoms in total. The Hall–Kier alpha value is -2.96. The van der Waals surface area contributed by atoms with Crippen molar-refractivity contribution in [3.05, 3.63) is 52.5 Å². The van der Waals surface area contributed by atoms with Gasteiger partial charge in [0.1, 0.15) is 11.8 Å². The number of non-ortho nitro benzene ring substituents is 1. The molecule has 0 atom stereocenters. The van der Waals surface area contributed by atoms with Crippen molar-refractivity contribution in [2.75, 3.05) is 5.73 Å². The zero-order valence-corrected chi connectivity index (χ0v) is 10.6. The Morgan fingerprint density at radius 2 is 2.00 bits per heavy atom. The number of nitro groups is 1. The van der Waals surface area contributed by atoms with Gasteiger partial charge in [0.25, 0.3) is 5.69 Å². The van der Waals surface area contributed by atoms with E-state index in [0.717, 1.165) is 16.7 Å². The molecule has 20 heavy (non-hydrogen) atoms. The molecule has 0 aliphatic heterocycles. The van der Waals surface area contributed by atoms with E-state index in [4.69, 9.17) is 5.73 Å². The fraction of sp³-hybridized carbons (Fsp3) is 0.0769. The number of hydrogen-bond acceptors (Lipinski definition) is 5. The van der Waals surface area contributed by atoms with Crippen LogP contribution in [0.4, 0.5) is 11.5 Å². The first-order valence-electron chi connectivity index (χ1n) is 5.91. The van der Waals surface area contributed by atoms with E-state index in [-0.39, 0.29) is 5.69 Å². The van der Waals surface area contributed by atoms with Crippen LogP contribution >= 0.6 is 0 Å². The lowest BCUT2D eigenvalue weighted by atomic mass is 10.0. The number of nitrogens with zero attached hydrogens (tertiary/aromatic N) is 4. The maximum atomic E-state index is 10.7. The van der Waals surface area contributed by atoms with Gasteiger partial charge < -0.3 is 5.73 Å². The van der Waals surface area contributed by atoms with Gasteiger partial charge in [-0.3, -0.25) is 10.1 Å². The van der Waals surface area contributed by atoms with E-state index < -0.39 is 4.92 Å². The van der Waals surface area contributed by atoms with Gasteiger partial charge in [-0.1, -0.05) is 0 Å². The third-order valence-electron chi connectivity index (χ3n) is 3.16. The van der Waals surface area contributed by atoms with Crippen LogP contribution in [0.5, 0.6) is 0 Å². The number of benzene rings is 1. The molecule has 0 radical (unpaired) electrons. The summed E-state index contributed by atoms with van der Waals surface area (Å²) in [6, 6.07) is 6.34. The smallest absolute Gasteiger partial charge is 0.269 e. The summed E-state index contributed by atoms with van der Waals surface area (Å²) in [5.41, 5.74) is 9.38. The number of nitrogen functional groups attached to an aromatic ring is 1. The third kappa shape index (κ3) is 1.76. The lowest BCUT2D eigenvalue weighted by Gasteiger charge is -2.03. The molecule has 0 aliphatic carbocycles. The van der Waals surface area contributed by atoms with E-state index >= 15 is 0 Å². The number of aromatic nitrogens is 3. The van der Waals surface area contributed by atoms with E-state index in [1.807, 2.05) is 13.1 Å². The average Bonchev–Trinajstić information content (AvgIpc) is 2.76. The molecule has 0 saturated heterocycles. The second-order valence-electron chi connectivity index (χ2n) is 4.43. The molecule has 2 heterocycles. The first-order valence-corrected chi connectivity index (χ1v) is 5.91. The van der Waals surface area contributed by atoms with Gasteiger partial charge >= 0.3 is 0 Å². The second kappa shape index (κ2) is 4.30. The molecule has 0 saturated carbocycles. The Labute approximate surface area is 113 Å². The van der Waals surface area contributed by atoms with Crippen LogP contribution in [0.1, 0.15) is 5.56 Å². The lowest BCUT2D eigenvalue weighted by Crippen LogP contribution is -1.98. The Morgan fingerprint density at radius 3 is 2.65 bits per heavy atom. The van der Waals surface area contributed by atoms with E-state index in [1.165, 1.54) is 18.5 Å². The van der Waals surface area contributed by atoms with Crippen molar-refractivity contribution in [3.8, 4) is 11.1 Å². The third-order valence-corrected chi connectivity index (χ3v) is 3.16. The predicted molar refractivity (Wildman–Crippen MR) is 74.2 cm³/mol. The van der Waals surface area contributed by atoms with Crippen LogP contribution in [0.25, 0.3) is 16.6 Å². The number of anilines is 1. The van der Waals surface area contributed by atoms with Gasteiger partial charge in [0.05, 0.1) is 4.92 Å². The summed E-state index contributed by atoms with van der Waals surface area (Å²) in [6.07, 6.45) is 3.24. The molecule has 0 spiro atoms. The zero-order valence-electron chi connectivity index (χ0n) is 10.6. The predicted octanol–water partition coefficient (Wildman–Crippen LogP) is 2.20. The van der Waals surface area contributed by atoms with Crippen molar-refractivity contribution < 1.29 is 4.92 Å². The normalized spacial score (nSPS) is 10.8. The molecular weight excluding hydrogens is 258 g/mol. The zero-order chi connectivity index (χ0) is 14.3. The van der Waals surface area contributed by atoms with Crippen molar-refractivity contribution in [2.24, 2.45) is 0 Å². The van der Waals surface area contributed by atoms with Gasteiger partial charge in [0.2, 0.25) is 0 Å². The van der Waals surface area contributed by atoms with Crippen LogP contribution in [0.15, 0.2) is 36.8 Å². The molecule has 3 aromatic rings. The van der Waals surface area contributed by atoms with Crippen molar-refractivity contribution in [3.63, 3.8) is 0 Å². The first-order chi connectivity index (χ1) is 9.58. The molecule has 3 rings (SSSR count). The Bertz CT molecular complexity index is 807. The van der Waals surface area contributed by atoms with Crippen LogP contribution in [0.3, 0.4) is 0 Å². The summed E-state index contributed by atoms with van der Waals surface area (Å²) in [5, 5.41) is 14.8. The summed E-state index contributed by atoms with van der Waals surface area (Å²) in [6.45, 7) is 1.94. The standard InChI is InChI=1S/C13H11N5O2/c1-8-6-17-12(13(14)15-7-16-17)11(8)9-2-4-10(5-3-9)18(19)20/h2-7H,1H3,(H2,14,15,16). The number of fused-ring (bicyclic) bond motifs is 1. The summed E-state index contributed by atoms with van der Waals surface area (Å²) >= 11 is 0. The monoisotopic (exact) mass is 269 g/mol. The second-order valence-corrected chi connectivity index (χ2v) is 4.43. The largest absolute Gasteiger partial charge is 0.382 e. The van der Waals surface area contributed by atoms with Crippen molar-refractivity contribution in [1.29, 1.82) is 0 Å². The molecule has 0 amide bonds. The summed E-state index contributed by atoms with van der Waals surface area (Å²) in [4.78, 5) is 14.3. The first kappa shape index (κ1) is 12.1. The maximum absolute atomic E-state index is 10.7. The highest BCUT2D eigenvalue weighted by molar-refractivity contribution is 5.89. The minimum absolute atomic E-state index is 0.0548. The van der Waals surface area contributed by atoms with E-state index in [0.29, 0.717) is 11.3 Å². The Balaban J connectivity index is 2.23. The maximum Gasteiger partial charge on any atom is 0.269 e. The highest BCUT2D eigenvalue weighted by Gasteiger charge is 2.14. The van der Waals surface area contributed by atoms with E-state index in [9.17, 15) is 10.1 Å². The van der Waals surface area contributed by atoms with Crippen molar-refractivity contribution in [1.82, 2.24) is 14.6 Å². The fourth-order valence-electron chi connectivity index (χ4n) is 2.27. The Morgan fingerprint density at radius 1 is 1.30 bits per heavy atom. The number of hydrogen-bond donors (Lipinski definition) is 1. The minimum Gasteiger partial charge on any atom is -0.382 e. The van der Waals surface area contributed by atoms with Crippen LogP contribution in [-0.4, -0.2) is 19.5 Å². The van der Waals surface area contributed by atoms with Crippen LogP contribution in [0, 0.1) is 17.0 Å².